The number of pyridine rings is 1. The smallest absolute Gasteiger partial charge is 0.229 e. The lowest BCUT2D eigenvalue weighted by Crippen LogP contribution is -2.15. The van der Waals surface area contributed by atoms with E-state index in [0.717, 1.165) is 5.56 Å². The quantitative estimate of drug-likeness (QED) is 0.774. The number of aromatic nitrogens is 3. The van der Waals surface area contributed by atoms with Crippen molar-refractivity contribution in [1.82, 2.24) is 15.0 Å². The van der Waals surface area contributed by atoms with Crippen LogP contribution in [0.1, 0.15) is 5.56 Å². The van der Waals surface area contributed by atoms with Gasteiger partial charge in [-0.25, -0.2) is 14.4 Å². The Morgan fingerprint density at radius 1 is 1.16 bits per heavy atom. The van der Waals surface area contributed by atoms with Gasteiger partial charge in [0.1, 0.15) is 23.7 Å². The zero-order valence-electron chi connectivity index (χ0n) is 13.4. The maximum absolute atomic E-state index is 13.3. The Bertz CT molecular complexity index is 887. The summed E-state index contributed by atoms with van der Waals surface area (Å²) in [5.41, 5.74) is 1.98. The number of hydrogen-bond acceptors (Lipinski definition) is 5. The number of halogens is 1. The Morgan fingerprint density at radius 2 is 1.96 bits per heavy atom. The second-order valence-electron chi connectivity index (χ2n) is 5.21. The second kappa shape index (κ2) is 7.48. The number of anilines is 1. The fourth-order valence-electron chi connectivity index (χ4n) is 2.32. The molecular weight excluding hydrogens is 323 g/mol. The van der Waals surface area contributed by atoms with Crippen LogP contribution in [0.4, 0.5) is 10.2 Å². The minimum atomic E-state index is -0.402. The van der Waals surface area contributed by atoms with Crippen LogP contribution >= 0.6 is 0 Å². The molecule has 0 saturated heterocycles. The largest absolute Gasteiger partial charge is 0.496 e. The van der Waals surface area contributed by atoms with Crippen molar-refractivity contribution in [2.24, 2.45) is 0 Å². The van der Waals surface area contributed by atoms with Gasteiger partial charge in [-0.15, -0.1) is 0 Å². The van der Waals surface area contributed by atoms with E-state index in [4.69, 9.17) is 4.74 Å². The van der Waals surface area contributed by atoms with Crippen LogP contribution in [0.25, 0.3) is 11.3 Å². The first kappa shape index (κ1) is 16.5. The number of nitrogens with one attached hydrogen (secondary N) is 1. The van der Waals surface area contributed by atoms with Crippen LogP contribution in [0.5, 0.6) is 5.75 Å². The molecule has 3 aromatic rings. The Morgan fingerprint density at radius 3 is 2.72 bits per heavy atom. The van der Waals surface area contributed by atoms with Crippen molar-refractivity contribution >= 4 is 11.7 Å². The third-order valence-corrected chi connectivity index (χ3v) is 3.49. The van der Waals surface area contributed by atoms with Gasteiger partial charge in [0.25, 0.3) is 0 Å². The molecule has 0 spiro atoms. The summed E-state index contributed by atoms with van der Waals surface area (Å²) in [5.74, 6) is 0.102. The summed E-state index contributed by atoms with van der Waals surface area (Å²) in [6.45, 7) is 0. The number of carbonyl (C=O) groups excluding carboxylic acids is 1. The third kappa shape index (κ3) is 4.14. The van der Waals surface area contributed by atoms with Crippen molar-refractivity contribution in [3.63, 3.8) is 0 Å². The summed E-state index contributed by atoms with van der Waals surface area (Å²) in [6.07, 6.45) is 4.81. The number of nitrogens with zero attached hydrogens (tertiary/aromatic N) is 3. The topological polar surface area (TPSA) is 77.0 Å². The Balaban J connectivity index is 1.79. The fourth-order valence-corrected chi connectivity index (χ4v) is 2.32. The molecule has 0 radical (unpaired) electrons. The summed E-state index contributed by atoms with van der Waals surface area (Å²) in [4.78, 5) is 24.3. The maximum atomic E-state index is 13.3. The number of ether oxygens (including phenoxy) is 1. The van der Waals surface area contributed by atoms with Crippen molar-refractivity contribution < 1.29 is 13.9 Å². The van der Waals surface area contributed by atoms with Gasteiger partial charge in [0, 0.05) is 30.1 Å². The first-order valence-corrected chi connectivity index (χ1v) is 7.50. The first-order valence-electron chi connectivity index (χ1n) is 7.50. The van der Waals surface area contributed by atoms with E-state index >= 15 is 0 Å². The zero-order valence-corrected chi connectivity index (χ0v) is 13.4. The number of amides is 1. The molecule has 0 aliphatic heterocycles. The molecule has 1 amide bonds. The molecular formula is C18H15FN4O2. The van der Waals surface area contributed by atoms with Gasteiger partial charge in [-0.2, -0.15) is 0 Å². The Labute approximate surface area is 143 Å². The average Bonchev–Trinajstić information content (AvgIpc) is 2.62. The summed E-state index contributed by atoms with van der Waals surface area (Å²) in [7, 11) is 1.46. The monoisotopic (exact) mass is 338 g/mol. The highest BCUT2D eigenvalue weighted by atomic mass is 19.1. The molecule has 126 valence electrons. The zero-order chi connectivity index (χ0) is 17.6. The lowest BCUT2D eigenvalue weighted by Gasteiger charge is -2.09. The van der Waals surface area contributed by atoms with E-state index in [0.29, 0.717) is 22.8 Å². The highest BCUT2D eigenvalue weighted by Gasteiger charge is 2.11. The minimum absolute atomic E-state index is 0.207. The van der Waals surface area contributed by atoms with Gasteiger partial charge in [0.2, 0.25) is 5.91 Å². The van der Waals surface area contributed by atoms with E-state index in [1.165, 1.54) is 25.6 Å². The van der Waals surface area contributed by atoms with Crippen molar-refractivity contribution in [2.45, 2.75) is 6.42 Å². The van der Waals surface area contributed by atoms with Crippen LogP contribution in [0, 0.1) is 5.82 Å². The fraction of sp³-hybridized carbons (Fsp3) is 0.111. The minimum Gasteiger partial charge on any atom is -0.496 e. The molecule has 0 atom stereocenters. The summed E-state index contributed by atoms with van der Waals surface area (Å²) in [5, 5.41) is 2.72. The normalized spacial score (nSPS) is 10.3. The molecule has 2 aromatic heterocycles. The van der Waals surface area contributed by atoms with Gasteiger partial charge in [0.15, 0.2) is 0 Å². The van der Waals surface area contributed by atoms with Crippen LogP contribution in [-0.2, 0) is 11.2 Å². The van der Waals surface area contributed by atoms with Gasteiger partial charge < -0.3 is 10.1 Å². The van der Waals surface area contributed by atoms with E-state index in [1.807, 2.05) is 0 Å². The number of hydrogen-bond donors (Lipinski definition) is 1. The molecule has 1 N–H and O–H groups in total. The van der Waals surface area contributed by atoms with E-state index in [9.17, 15) is 9.18 Å². The number of rotatable bonds is 5. The first-order chi connectivity index (χ1) is 12.2. The molecule has 25 heavy (non-hydrogen) atoms. The van der Waals surface area contributed by atoms with Crippen LogP contribution in [0.15, 0.2) is 55.1 Å². The van der Waals surface area contributed by atoms with E-state index in [2.05, 4.69) is 20.3 Å². The summed E-state index contributed by atoms with van der Waals surface area (Å²) in [6, 6.07) is 9.32. The highest BCUT2D eigenvalue weighted by molar-refractivity contribution is 5.91. The lowest BCUT2D eigenvalue weighted by molar-refractivity contribution is -0.115. The van der Waals surface area contributed by atoms with Crippen LogP contribution in [0.2, 0.25) is 0 Å². The molecule has 7 heteroatoms. The molecule has 0 saturated carbocycles. The Hall–Kier alpha value is -3.35. The molecule has 0 fully saturated rings. The lowest BCUT2D eigenvalue weighted by atomic mass is 10.1. The Kier molecular flexibility index (Phi) is 4.94. The van der Waals surface area contributed by atoms with Crippen LogP contribution in [-0.4, -0.2) is 28.0 Å². The maximum Gasteiger partial charge on any atom is 0.229 e. The number of carbonyl (C=O) groups is 1. The standard InChI is InChI=1S/C18H15FN4O2/c1-25-16-9-13(19)2-3-14(16)15-10-17(22-11-21-15)23-18(24)8-12-4-6-20-7-5-12/h2-7,9-11H,8H2,1H3,(H,21,22,23,24). The van der Waals surface area contributed by atoms with Gasteiger partial charge in [-0.3, -0.25) is 9.78 Å². The summed E-state index contributed by atoms with van der Waals surface area (Å²) < 4.78 is 18.5. The van der Waals surface area contributed by atoms with Crippen molar-refractivity contribution in [1.29, 1.82) is 0 Å². The molecule has 2 heterocycles. The predicted octanol–water partition coefficient (Wildman–Crippen LogP) is 2.87. The molecule has 0 unspecified atom stereocenters. The van der Waals surface area contributed by atoms with E-state index < -0.39 is 5.82 Å². The van der Waals surface area contributed by atoms with Gasteiger partial charge >= 0.3 is 0 Å². The van der Waals surface area contributed by atoms with E-state index in [1.54, 1.807) is 36.7 Å². The van der Waals surface area contributed by atoms with Crippen LogP contribution in [0.3, 0.4) is 0 Å². The number of benzene rings is 1. The highest BCUT2D eigenvalue weighted by Crippen LogP contribution is 2.29. The molecule has 6 nitrogen and oxygen atoms in total. The van der Waals surface area contributed by atoms with Gasteiger partial charge in [-0.1, -0.05) is 0 Å². The molecule has 0 aliphatic rings. The SMILES string of the molecule is COc1cc(F)ccc1-c1cc(NC(=O)Cc2ccncc2)ncn1. The molecule has 0 aliphatic carbocycles. The molecule has 0 bridgehead atoms. The van der Waals surface area contributed by atoms with Gasteiger partial charge in [0.05, 0.1) is 19.2 Å². The van der Waals surface area contributed by atoms with Crippen LogP contribution < -0.4 is 10.1 Å². The summed E-state index contributed by atoms with van der Waals surface area (Å²) >= 11 is 0. The van der Waals surface area contributed by atoms with Crippen molar-refractivity contribution in [3.8, 4) is 17.0 Å². The van der Waals surface area contributed by atoms with E-state index in [-0.39, 0.29) is 12.3 Å². The molecule has 3 rings (SSSR count). The van der Waals surface area contributed by atoms with Gasteiger partial charge in [-0.05, 0) is 29.8 Å². The average molecular weight is 338 g/mol. The number of methoxy groups -OCH3 is 1. The predicted molar refractivity (Wildman–Crippen MR) is 90.5 cm³/mol. The van der Waals surface area contributed by atoms with Crippen molar-refractivity contribution in [3.05, 3.63) is 66.5 Å². The van der Waals surface area contributed by atoms with Crippen molar-refractivity contribution in [2.75, 3.05) is 12.4 Å². The second-order valence-corrected chi connectivity index (χ2v) is 5.21. The molecule has 1 aromatic carbocycles. The third-order valence-electron chi connectivity index (χ3n) is 3.49.